The number of rotatable bonds is 2. The number of allylic oxidation sites excluding steroid dienone is 2. The van der Waals surface area contributed by atoms with Crippen LogP contribution in [-0.2, 0) is 9.59 Å². The third-order valence-electron chi connectivity index (χ3n) is 3.96. The molecule has 2 saturated carbocycles. The van der Waals surface area contributed by atoms with Gasteiger partial charge >= 0.3 is 0 Å². The summed E-state index contributed by atoms with van der Waals surface area (Å²) in [7, 11) is 0. The van der Waals surface area contributed by atoms with Crippen LogP contribution >= 0.6 is 0 Å². The Bertz CT molecular complexity index is 348. The van der Waals surface area contributed by atoms with E-state index in [9.17, 15) is 19.8 Å². The van der Waals surface area contributed by atoms with Crippen molar-refractivity contribution < 1.29 is 19.8 Å². The van der Waals surface area contributed by atoms with Gasteiger partial charge in [-0.25, -0.2) is 0 Å². The normalized spacial score (nSPS) is 36.5. The van der Waals surface area contributed by atoms with Crippen molar-refractivity contribution in [2.75, 3.05) is 0 Å². The fraction of sp³-hybridized carbons (Fsp3) is 0.667. The van der Waals surface area contributed by atoms with Crippen LogP contribution in [0.25, 0.3) is 0 Å². The van der Waals surface area contributed by atoms with Crippen molar-refractivity contribution >= 4 is 11.9 Å². The van der Waals surface area contributed by atoms with Gasteiger partial charge in [-0.05, 0) is 38.5 Å². The summed E-state index contributed by atoms with van der Waals surface area (Å²) < 4.78 is 0. The Morgan fingerprint density at radius 1 is 1.00 bits per heavy atom. The van der Waals surface area contributed by atoms with E-state index in [4.69, 9.17) is 0 Å². The van der Waals surface area contributed by atoms with Gasteiger partial charge in [-0.1, -0.05) is 11.1 Å². The third kappa shape index (κ3) is 1.36. The van der Waals surface area contributed by atoms with Crippen molar-refractivity contribution in [3.63, 3.8) is 0 Å². The zero-order valence-electron chi connectivity index (χ0n) is 9.36. The molecule has 2 bridgehead atoms. The van der Waals surface area contributed by atoms with E-state index in [1.807, 2.05) is 13.8 Å². The maximum absolute atomic E-state index is 11.0. The van der Waals surface area contributed by atoms with Crippen molar-refractivity contribution in [2.45, 2.75) is 26.7 Å². The molecule has 4 atom stereocenters. The van der Waals surface area contributed by atoms with Gasteiger partial charge in [0.2, 0.25) is 0 Å². The number of aliphatic carboxylic acids is 2. The number of fused-ring (bicyclic) bond motifs is 2. The summed E-state index contributed by atoms with van der Waals surface area (Å²) in [5, 5.41) is 22.1. The van der Waals surface area contributed by atoms with Gasteiger partial charge < -0.3 is 19.8 Å². The molecule has 4 heteroatoms. The molecule has 0 radical (unpaired) electrons. The van der Waals surface area contributed by atoms with Gasteiger partial charge in [0.05, 0.1) is 0 Å². The molecule has 88 valence electrons. The van der Waals surface area contributed by atoms with E-state index < -0.39 is 23.8 Å². The molecule has 0 aromatic rings. The summed E-state index contributed by atoms with van der Waals surface area (Å²) in [5.74, 6) is -4.59. The molecule has 2 rings (SSSR count). The highest BCUT2D eigenvalue weighted by molar-refractivity contribution is 5.81. The van der Waals surface area contributed by atoms with Gasteiger partial charge in [-0.2, -0.15) is 0 Å². The van der Waals surface area contributed by atoms with Crippen molar-refractivity contribution in [1.82, 2.24) is 0 Å². The van der Waals surface area contributed by atoms with Crippen LogP contribution in [0.5, 0.6) is 0 Å². The van der Waals surface area contributed by atoms with Crippen molar-refractivity contribution in [1.29, 1.82) is 0 Å². The molecule has 0 heterocycles. The number of carboxylic acid groups (broad SMARTS) is 2. The zero-order valence-corrected chi connectivity index (χ0v) is 9.36. The van der Waals surface area contributed by atoms with Crippen LogP contribution in [0.3, 0.4) is 0 Å². The van der Waals surface area contributed by atoms with E-state index >= 15 is 0 Å². The standard InChI is InChI=1S/C12H16O4/c1-5(2)8-6-3-4-7(8)10(12(15)16)9(6)11(13)14/h6-7,9-10H,3-4H2,1-2H3,(H,13,14)(H,15,16)/p-2/t6-,7+,9-,10+. The summed E-state index contributed by atoms with van der Waals surface area (Å²) in [6.07, 6.45) is 1.52. The number of hydrogen-bond donors (Lipinski definition) is 0. The Balaban J connectivity index is 2.46. The smallest absolute Gasteiger partial charge is 0.0458 e. The van der Waals surface area contributed by atoms with Gasteiger partial charge in [-0.15, -0.1) is 0 Å². The first-order valence-electron chi connectivity index (χ1n) is 5.54. The summed E-state index contributed by atoms with van der Waals surface area (Å²) >= 11 is 0. The summed E-state index contributed by atoms with van der Waals surface area (Å²) in [5.41, 5.74) is 2.06. The Labute approximate surface area is 94.0 Å². The molecule has 2 aliphatic carbocycles. The second kappa shape index (κ2) is 3.61. The van der Waals surface area contributed by atoms with E-state index in [2.05, 4.69) is 0 Å². The highest BCUT2D eigenvalue weighted by atomic mass is 16.4. The van der Waals surface area contributed by atoms with E-state index in [0.29, 0.717) is 0 Å². The molecule has 0 aliphatic heterocycles. The molecule has 0 saturated heterocycles. The quantitative estimate of drug-likeness (QED) is 0.567. The van der Waals surface area contributed by atoms with Crippen LogP contribution in [0.2, 0.25) is 0 Å². The van der Waals surface area contributed by atoms with Gasteiger partial charge in [-0.3, -0.25) is 0 Å². The van der Waals surface area contributed by atoms with Crippen molar-refractivity contribution in [3.05, 3.63) is 11.1 Å². The van der Waals surface area contributed by atoms with Crippen LogP contribution in [0, 0.1) is 23.7 Å². The Morgan fingerprint density at radius 2 is 1.38 bits per heavy atom. The number of carbonyl (C=O) groups excluding carboxylic acids is 2. The van der Waals surface area contributed by atoms with E-state index in [1.54, 1.807) is 0 Å². The lowest BCUT2D eigenvalue weighted by Crippen LogP contribution is -2.46. The van der Waals surface area contributed by atoms with Crippen LogP contribution < -0.4 is 10.2 Å². The minimum atomic E-state index is -1.25. The first-order chi connectivity index (χ1) is 7.45. The van der Waals surface area contributed by atoms with Crippen molar-refractivity contribution in [2.24, 2.45) is 23.7 Å². The van der Waals surface area contributed by atoms with Gasteiger partial charge in [0, 0.05) is 23.8 Å². The number of carbonyl (C=O) groups is 2. The van der Waals surface area contributed by atoms with Gasteiger partial charge in [0.25, 0.3) is 0 Å². The highest BCUT2D eigenvalue weighted by Crippen LogP contribution is 2.56. The van der Waals surface area contributed by atoms with Crippen LogP contribution in [-0.4, -0.2) is 11.9 Å². The fourth-order valence-electron chi connectivity index (χ4n) is 3.55. The van der Waals surface area contributed by atoms with E-state index in [0.717, 1.165) is 24.0 Å². The molecule has 2 aliphatic rings. The Hall–Kier alpha value is -1.32. The van der Waals surface area contributed by atoms with E-state index in [1.165, 1.54) is 0 Å². The first-order valence-corrected chi connectivity index (χ1v) is 5.54. The predicted octanol–water partition coefficient (Wildman–Crippen LogP) is -0.905. The predicted molar refractivity (Wildman–Crippen MR) is 51.6 cm³/mol. The topological polar surface area (TPSA) is 80.3 Å². The van der Waals surface area contributed by atoms with Gasteiger partial charge in [0.1, 0.15) is 0 Å². The van der Waals surface area contributed by atoms with Crippen LogP contribution in [0.1, 0.15) is 26.7 Å². The average molecular weight is 222 g/mol. The molecular formula is C12H14O4-2. The summed E-state index contributed by atoms with van der Waals surface area (Å²) in [6.45, 7) is 3.81. The second-order valence-corrected chi connectivity index (χ2v) is 4.94. The lowest BCUT2D eigenvalue weighted by Gasteiger charge is -2.31. The first kappa shape index (κ1) is 11.2. The molecular weight excluding hydrogens is 208 g/mol. The lowest BCUT2D eigenvalue weighted by atomic mass is 9.79. The monoisotopic (exact) mass is 222 g/mol. The molecule has 0 unspecified atom stereocenters. The SMILES string of the molecule is CC(C)=C1[C@H]2CC[C@@H]1[C@H](C(=O)[O-])[C@@H]2C(=O)[O-]. The molecule has 2 fully saturated rings. The largest absolute Gasteiger partial charge is 0.550 e. The second-order valence-electron chi connectivity index (χ2n) is 4.94. The minimum absolute atomic E-state index is 0.150. The molecule has 16 heavy (non-hydrogen) atoms. The zero-order chi connectivity index (χ0) is 12.0. The minimum Gasteiger partial charge on any atom is -0.550 e. The molecule has 0 amide bonds. The van der Waals surface area contributed by atoms with Gasteiger partial charge in [0.15, 0.2) is 0 Å². The number of carboxylic acids is 2. The Morgan fingerprint density at radius 3 is 1.62 bits per heavy atom. The summed E-state index contributed by atoms with van der Waals surface area (Å²) in [4.78, 5) is 22.1. The third-order valence-corrected chi connectivity index (χ3v) is 3.96. The molecule has 0 N–H and O–H groups in total. The molecule has 4 nitrogen and oxygen atoms in total. The summed E-state index contributed by atoms with van der Waals surface area (Å²) in [6, 6.07) is 0. The maximum atomic E-state index is 11.0. The van der Waals surface area contributed by atoms with Crippen molar-refractivity contribution in [3.8, 4) is 0 Å². The molecule has 0 spiro atoms. The Kier molecular flexibility index (Phi) is 2.52. The fourth-order valence-corrected chi connectivity index (χ4v) is 3.55. The highest BCUT2D eigenvalue weighted by Gasteiger charge is 2.52. The average Bonchev–Trinajstić information content (AvgIpc) is 2.70. The van der Waals surface area contributed by atoms with Crippen LogP contribution in [0.4, 0.5) is 0 Å². The number of hydrogen-bond acceptors (Lipinski definition) is 4. The lowest BCUT2D eigenvalue weighted by molar-refractivity contribution is -0.328. The maximum Gasteiger partial charge on any atom is 0.0458 e. The van der Waals surface area contributed by atoms with Crippen LogP contribution in [0.15, 0.2) is 11.1 Å². The molecule has 0 aromatic heterocycles. The molecule has 0 aromatic carbocycles. The van der Waals surface area contributed by atoms with E-state index in [-0.39, 0.29) is 11.8 Å².